The van der Waals surface area contributed by atoms with Gasteiger partial charge in [0.1, 0.15) is 0 Å². The van der Waals surface area contributed by atoms with Crippen molar-refractivity contribution in [3.05, 3.63) is 46.7 Å². The third-order valence-electron chi connectivity index (χ3n) is 3.15. The van der Waals surface area contributed by atoms with Gasteiger partial charge in [0, 0.05) is 18.2 Å². The lowest BCUT2D eigenvalue weighted by Crippen LogP contribution is -2.36. The molecule has 0 aliphatic heterocycles. The van der Waals surface area contributed by atoms with Gasteiger partial charge in [-0.15, -0.1) is 0 Å². The van der Waals surface area contributed by atoms with E-state index in [-0.39, 0.29) is 12.3 Å². The van der Waals surface area contributed by atoms with Crippen LogP contribution in [0.5, 0.6) is 0 Å². The Morgan fingerprint density at radius 2 is 2.00 bits per heavy atom. The predicted molar refractivity (Wildman–Crippen MR) is 82.4 cm³/mol. The largest absolute Gasteiger partial charge is 0.434 e. The summed E-state index contributed by atoms with van der Waals surface area (Å²) in [5.74, 6) is -0.868. The van der Waals surface area contributed by atoms with Crippen LogP contribution in [-0.4, -0.2) is 35.4 Å². The van der Waals surface area contributed by atoms with Crippen molar-refractivity contribution in [2.24, 2.45) is 0 Å². The molecule has 2 rings (SSSR count). The van der Waals surface area contributed by atoms with Gasteiger partial charge in [-0.3, -0.25) is 4.79 Å². The number of hydrogen-bond donors (Lipinski definition) is 1. The van der Waals surface area contributed by atoms with E-state index in [0.717, 1.165) is 6.20 Å². The number of benzene rings is 1. The molecule has 0 radical (unpaired) electrons. The minimum absolute atomic E-state index is 0.149. The highest BCUT2D eigenvalue weighted by Gasteiger charge is 2.40. The molecule has 2 aromatic rings. The van der Waals surface area contributed by atoms with Crippen LogP contribution in [0.4, 0.5) is 13.2 Å². The lowest BCUT2D eigenvalue weighted by atomic mass is 10.2. The van der Waals surface area contributed by atoms with Crippen LogP contribution in [0.25, 0.3) is 5.69 Å². The molecule has 1 N–H and O–H groups in total. The average molecular weight is 362 g/mol. The van der Waals surface area contributed by atoms with E-state index >= 15 is 0 Å². The van der Waals surface area contributed by atoms with Crippen LogP contribution in [0.3, 0.4) is 0 Å². The van der Waals surface area contributed by atoms with Crippen molar-refractivity contribution < 1.29 is 22.7 Å². The van der Waals surface area contributed by atoms with Crippen molar-refractivity contribution in [3.63, 3.8) is 0 Å². The number of aromatic nitrogens is 2. The third-order valence-corrected chi connectivity index (χ3v) is 3.40. The van der Waals surface area contributed by atoms with Crippen LogP contribution in [-0.2, 0) is 10.9 Å². The fourth-order valence-electron chi connectivity index (χ4n) is 2.16. The van der Waals surface area contributed by atoms with E-state index in [2.05, 4.69) is 10.4 Å². The molecule has 1 aromatic carbocycles. The molecule has 0 aliphatic carbocycles. The van der Waals surface area contributed by atoms with E-state index in [1.54, 1.807) is 6.92 Å². The minimum atomic E-state index is -4.76. The zero-order valence-electron chi connectivity index (χ0n) is 12.9. The Labute approximate surface area is 141 Å². The Balaban J connectivity index is 2.43. The number of nitrogens with zero attached hydrogens (tertiary/aromatic N) is 2. The van der Waals surface area contributed by atoms with Gasteiger partial charge >= 0.3 is 6.18 Å². The third kappa shape index (κ3) is 4.07. The highest BCUT2D eigenvalue weighted by molar-refractivity contribution is 6.30. The number of amides is 1. The number of halogens is 4. The molecule has 9 heteroatoms. The zero-order chi connectivity index (χ0) is 17.9. The van der Waals surface area contributed by atoms with Crippen molar-refractivity contribution in [1.29, 1.82) is 0 Å². The molecular weight excluding hydrogens is 347 g/mol. The maximum atomic E-state index is 13.5. The molecule has 1 atom stereocenters. The molecule has 130 valence electrons. The monoisotopic (exact) mass is 361 g/mol. The first-order valence-electron chi connectivity index (χ1n) is 6.95. The lowest BCUT2D eigenvalue weighted by Gasteiger charge is -2.15. The zero-order valence-corrected chi connectivity index (χ0v) is 13.6. The average Bonchev–Trinajstić information content (AvgIpc) is 2.93. The van der Waals surface area contributed by atoms with Gasteiger partial charge in [0.05, 0.1) is 24.1 Å². The molecule has 0 bridgehead atoms. The molecule has 0 saturated carbocycles. The SMILES string of the molecule is COCC(C)NC(=O)c1cnn(-c2ccc(Cl)cc2)c1C(F)(F)F. The van der Waals surface area contributed by atoms with Gasteiger partial charge < -0.3 is 10.1 Å². The van der Waals surface area contributed by atoms with Gasteiger partial charge in [-0.05, 0) is 31.2 Å². The number of carbonyl (C=O) groups is 1. The number of rotatable bonds is 5. The number of carbonyl (C=O) groups excluding carboxylic acids is 1. The minimum Gasteiger partial charge on any atom is -0.383 e. The van der Waals surface area contributed by atoms with Crippen LogP contribution in [0.2, 0.25) is 5.02 Å². The first kappa shape index (κ1) is 18.3. The molecule has 1 heterocycles. The molecule has 0 saturated heterocycles. The predicted octanol–water partition coefficient (Wildman–Crippen LogP) is 3.31. The summed E-state index contributed by atoms with van der Waals surface area (Å²) < 4.78 is 45.9. The Bertz CT molecular complexity index is 714. The van der Waals surface area contributed by atoms with E-state index in [4.69, 9.17) is 16.3 Å². The molecule has 1 amide bonds. The Kier molecular flexibility index (Phi) is 5.51. The van der Waals surface area contributed by atoms with Crippen molar-refractivity contribution in [1.82, 2.24) is 15.1 Å². The van der Waals surface area contributed by atoms with E-state index in [0.29, 0.717) is 9.70 Å². The second-order valence-corrected chi connectivity index (χ2v) is 5.56. The summed E-state index contributed by atoms with van der Waals surface area (Å²) in [4.78, 5) is 12.2. The van der Waals surface area contributed by atoms with Gasteiger partial charge in [-0.25, -0.2) is 4.68 Å². The summed E-state index contributed by atoms with van der Waals surface area (Å²) in [6.45, 7) is 1.80. The van der Waals surface area contributed by atoms with Gasteiger partial charge in [0.2, 0.25) is 0 Å². The Morgan fingerprint density at radius 1 is 1.38 bits per heavy atom. The molecule has 0 aliphatic rings. The van der Waals surface area contributed by atoms with Crippen LogP contribution in [0.1, 0.15) is 23.0 Å². The van der Waals surface area contributed by atoms with Crippen molar-refractivity contribution in [3.8, 4) is 5.69 Å². The van der Waals surface area contributed by atoms with Crippen LogP contribution in [0, 0.1) is 0 Å². The van der Waals surface area contributed by atoms with Crippen molar-refractivity contribution in [2.45, 2.75) is 19.1 Å². The summed E-state index contributed by atoms with van der Waals surface area (Å²) in [5, 5.41) is 6.54. The first-order chi connectivity index (χ1) is 11.2. The van der Waals surface area contributed by atoms with E-state index < -0.39 is 29.4 Å². The normalized spacial score (nSPS) is 12.9. The van der Waals surface area contributed by atoms with Crippen molar-refractivity contribution >= 4 is 17.5 Å². The molecule has 5 nitrogen and oxygen atoms in total. The second kappa shape index (κ2) is 7.23. The highest BCUT2D eigenvalue weighted by atomic mass is 35.5. The quantitative estimate of drug-likeness (QED) is 0.889. The van der Waals surface area contributed by atoms with Gasteiger partial charge in [-0.1, -0.05) is 11.6 Å². The molecule has 1 aromatic heterocycles. The first-order valence-corrected chi connectivity index (χ1v) is 7.32. The molecule has 0 fully saturated rings. The van der Waals surface area contributed by atoms with E-state index in [1.807, 2.05) is 0 Å². The highest BCUT2D eigenvalue weighted by Crippen LogP contribution is 2.33. The number of methoxy groups -OCH3 is 1. The van der Waals surface area contributed by atoms with Crippen LogP contribution >= 0.6 is 11.6 Å². The van der Waals surface area contributed by atoms with Gasteiger partial charge in [0.15, 0.2) is 5.69 Å². The van der Waals surface area contributed by atoms with Crippen molar-refractivity contribution in [2.75, 3.05) is 13.7 Å². The van der Waals surface area contributed by atoms with Gasteiger partial charge in [0.25, 0.3) is 5.91 Å². The van der Waals surface area contributed by atoms with E-state index in [9.17, 15) is 18.0 Å². The molecule has 0 spiro atoms. The lowest BCUT2D eigenvalue weighted by molar-refractivity contribution is -0.143. The summed E-state index contributed by atoms with van der Waals surface area (Å²) in [6.07, 6.45) is -3.86. The van der Waals surface area contributed by atoms with Gasteiger partial charge in [-0.2, -0.15) is 18.3 Å². The molecular formula is C15H15ClF3N3O2. The molecule has 1 unspecified atom stereocenters. The summed E-state index contributed by atoms with van der Waals surface area (Å²) in [7, 11) is 1.43. The Morgan fingerprint density at radius 3 is 2.54 bits per heavy atom. The fraction of sp³-hybridized carbons (Fsp3) is 0.333. The number of alkyl halides is 3. The number of ether oxygens (including phenoxy) is 1. The maximum Gasteiger partial charge on any atom is 0.434 e. The summed E-state index contributed by atoms with van der Waals surface area (Å²) in [6, 6.07) is 5.22. The topological polar surface area (TPSA) is 56.1 Å². The number of hydrogen-bond acceptors (Lipinski definition) is 3. The molecule has 24 heavy (non-hydrogen) atoms. The van der Waals surface area contributed by atoms with Crippen LogP contribution < -0.4 is 5.32 Å². The Hall–Kier alpha value is -2.06. The number of nitrogens with one attached hydrogen (secondary N) is 1. The summed E-state index contributed by atoms with van der Waals surface area (Å²) in [5.41, 5.74) is -1.55. The second-order valence-electron chi connectivity index (χ2n) is 5.12. The smallest absolute Gasteiger partial charge is 0.383 e. The van der Waals surface area contributed by atoms with Crippen LogP contribution in [0.15, 0.2) is 30.5 Å². The maximum absolute atomic E-state index is 13.5. The summed E-state index contributed by atoms with van der Waals surface area (Å²) >= 11 is 5.74. The van der Waals surface area contributed by atoms with E-state index in [1.165, 1.54) is 31.4 Å². The standard InChI is InChI=1S/C15H15ClF3N3O2/c1-9(8-24-2)21-14(23)12-7-20-22(13(12)15(17,18)19)11-5-3-10(16)4-6-11/h3-7,9H,8H2,1-2H3,(H,21,23). The fourth-order valence-corrected chi connectivity index (χ4v) is 2.28.